The molecule has 3 N–H and O–H groups in total. The predicted molar refractivity (Wildman–Crippen MR) is 63.6 cm³/mol. The number of hydroxylamine groups is 1. The van der Waals surface area contributed by atoms with Crippen LogP contribution in [0.25, 0.3) is 0 Å². The number of carbonyl (C=O) groups excluding carboxylic acids is 2. The molecule has 0 heterocycles. The molecule has 0 aromatic rings. The third-order valence-corrected chi connectivity index (χ3v) is 4.39. The van der Waals surface area contributed by atoms with E-state index >= 15 is 0 Å². The molecule has 0 bridgehead atoms. The second-order valence-corrected chi connectivity index (χ2v) is 6.19. The highest BCUT2D eigenvalue weighted by molar-refractivity contribution is 7.89. The molecule has 2 amide bonds. The molecule has 0 spiro atoms. The molecule has 0 fully saturated rings. The van der Waals surface area contributed by atoms with Gasteiger partial charge in [0.2, 0.25) is 21.8 Å². The lowest BCUT2D eigenvalue weighted by Gasteiger charge is -2.22. The minimum atomic E-state index is -3.53. The summed E-state index contributed by atoms with van der Waals surface area (Å²) in [4.78, 5) is 22.8. The van der Waals surface area contributed by atoms with Gasteiger partial charge in [-0.25, -0.2) is 13.9 Å². The first kappa shape index (κ1) is 16.8. The first-order chi connectivity index (χ1) is 8.17. The van der Waals surface area contributed by atoms with Crippen molar-refractivity contribution >= 4 is 21.8 Å². The smallest absolute Gasteiger partial charge is 0.246 e. The molecular formula is C9H19N3O5S. The first-order valence-corrected chi connectivity index (χ1v) is 6.99. The van der Waals surface area contributed by atoms with Gasteiger partial charge in [0.05, 0.1) is 5.75 Å². The Morgan fingerprint density at radius 3 is 2.06 bits per heavy atom. The van der Waals surface area contributed by atoms with Crippen molar-refractivity contribution in [2.45, 2.75) is 20.8 Å². The molecule has 0 saturated carbocycles. The van der Waals surface area contributed by atoms with Gasteiger partial charge in [-0.1, -0.05) is 13.8 Å². The topological polar surface area (TPSA) is 116 Å². The molecule has 106 valence electrons. The summed E-state index contributed by atoms with van der Waals surface area (Å²) < 4.78 is 23.5. The average molecular weight is 281 g/mol. The number of hydrogen-bond donors (Lipinski definition) is 3. The lowest BCUT2D eigenvalue weighted by molar-refractivity contribution is -0.140. The van der Waals surface area contributed by atoms with Crippen LogP contribution in [0.2, 0.25) is 0 Å². The summed E-state index contributed by atoms with van der Waals surface area (Å²) in [5.74, 6) is -3.05. The zero-order chi connectivity index (χ0) is 14.5. The molecule has 0 unspecified atom stereocenters. The minimum absolute atomic E-state index is 0.148. The van der Waals surface area contributed by atoms with E-state index in [4.69, 9.17) is 5.21 Å². The summed E-state index contributed by atoms with van der Waals surface area (Å²) in [6.45, 7) is 4.36. The molecule has 0 aromatic carbocycles. The van der Waals surface area contributed by atoms with Gasteiger partial charge in [-0.15, -0.1) is 4.41 Å². The summed E-state index contributed by atoms with van der Waals surface area (Å²) in [7, 11) is -2.32. The van der Waals surface area contributed by atoms with E-state index in [1.807, 2.05) is 0 Å². The molecule has 18 heavy (non-hydrogen) atoms. The second-order valence-electron chi connectivity index (χ2n) is 3.90. The van der Waals surface area contributed by atoms with E-state index in [0.717, 1.165) is 4.41 Å². The molecule has 0 radical (unpaired) electrons. The lowest BCUT2D eigenvalue weighted by atomic mass is 9.95. The number of sulfonamides is 1. The SMILES string of the molecule is CCS(=O)(=O)N(C)NC(=O)[C@H](C)[C@H](C)C(=O)NO. The van der Waals surface area contributed by atoms with Crippen LogP contribution >= 0.6 is 0 Å². The molecule has 9 heteroatoms. The molecule has 0 rings (SSSR count). The quantitative estimate of drug-likeness (QED) is 0.430. The van der Waals surface area contributed by atoms with E-state index in [0.29, 0.717) is 0 Å². The van der Waals surface area contributed by atoms with Gasteiger partial charge in [-0.3, -0.25) is 20.2 Å². The maximum Gasteiger partial charge on any atom is 0.246 e. The highest BCUT2D eigenvalue weighted by Crippen LogP contribution is 2.11. The normalized spacial score (nSPS) is 15.0. The Labute approximate surface area is 106 Å². The van der Waals surface area contributed by atoms with Crippen molar-refractivity contribution in [2.75, 3.05) is 12.8 Å². The van der Waals surface area contributed by atoms with Crippen molar-refractivity contribution in [2.24, 2.45) is 11.8 Å². The number of nitrogens with zero attached hydrogens (tertiary/aromatic N) is 1. The van der Waals surface area contributed by atoms with Gasteiger partial charge in [0.1, 0.15) is 0 Å². The number of nitrogens with one attached hydrogen (secondary N) is 2. The molecule has 0 aromatic heterocycles. The number of carbonyl (C=O) groups is 2. The molecular weight excluding hydrogens is 262 g/mol. The monoisotopic (exact) mass is 281 g/mol. The van der Waals surface area contributed by atoms with Gasteiger partial charge in [0.25, 0.3) is 0 Å². The summed E-state index contributed by atoms with van der Waals surface area (Å²) >= 11 is 0. The summed E-state index contributed by atoms with van der Waals surface area (Å²) in [5.41, 5.74) is 3.62. The Morgan fingerprint density at radius 1 is 1.22 bits per heavy atom. The number of hydrazine groups is 1. The van der Waals surface area contributed by atoms with Crippen LogP contribution in [0.15, 0.2) is 0 Å². The Morgan fingerprint density at radius 2 is 1.67 bits per heavy atom. The third kappa shape index (κ3) is 4.24. The van der Waals surface area contributed by atoms with E-state index < -0.39 is 33.7 Å². The highest BCUT2D eigenvalue weighted by Gasteiger charge is 2.28. The fourth-order valence-corrected chi connectivity index (χ4v) is 1.69. The number of hydrogen-bond acceptors (Lipinski definition) is 5. The maximum atomic E-state index is 11.7. The van der Waals surface area contributed by atoms with Crippen LogP contribution in [0.4, 0.5) is 0 Å². The van der Waals surface area contributed by atoms with Gasteiger partial charge in [-0.05, 0) is 6.92 Å². The van der Waals surface area contributed by atoms with Crippen LogP contribution in [0.3, 0.4) is 0 Å². The van der Waals surface area contributed by atoms with Gasteiger partial charge in [0.15, 0.2) is 0 Å². The summed E-state index contributed by atoms with van der Waals surface area (Å²) in [5, 5.41) is 8.45. The second kappa shape index (κ2) is 6.66. The van der Waals surface area contributed by atoms with E-state index in [1.54, 1.807) is 0 Å². The number of rotatable bonds is 6. The van der Waals surface area contributed by atoms with Crippen LogP contribution in [0.5, 0.6) is 0 Å². The van der Waals surface area contributed by atoms with E-state index in [2.05, 4.69) is 5.43 Å². The van der Waals surface area contributed by atoms with E-state index in [-0.39, 0.29) is 5.75 Å². The lowest BCUT2D eigenvalue weighted by Crippen LogP contribution is -2.48. The van der Waals surface area contributed by atoms with E-state index in [9.17, 15) is 18.0 Å². The fourth-order valence-electron chi connectivity index (χ4n) is 1.08. The molecule has 0 aliphatic heterocycles. The van der Waals surface area contributed by atoms with Crippen molar-refractivity contribution in [3.63, 3.8) is 0 Å². The molecule has 0 aliphatic rings. The highest BCUT2D eigenvalue weighted by atomic mass is 32.2. The Bertz CT molecular complexity index is 408. The van der Waals surface area contributed by atoms with Crippen molar-refractivity contribution in [1.82, 2.24) is 15.3 Å². The van der Waals surface area contributed by atoms with Crippen LogP contribution in [-0.4, -0.2) is 42.7 Å². The van der Waals surface area contributed by atoms with Crippen LogP contribution in [0.1, 0.15) is 20.8 Å². The van der Waals surface area contributed by atoms with Gasteiger partial charge in [0, 0.05) is 18.9 Å². The fraction of sp³-hybridized carbons (Fsp3) is 0.778. The Balaban J connectivity index is 4.64. The minimum Gasteiger partial charge on any atom is -0.289 e. The molecule has 8 nitrogen and oxygen atoms in total. The third-order valence-electron chi connectivity index (χ3n) is 2.74. The average Bonchev–Trinajstić information content (AvgIpc) is 2.35. The Hall–Kier alpha value is -1.19. The van der Waals surface area contributed by atoms with Gasteiger partial charge in [-0.2, -0.15) is 0 Å². The maximum absolute atomic E-state index is 11.7. The molecule has 2 atom stereocenters. The van der Waals surface area contributed by atoms with E-state index in [1.165, 1.54) is 33.3 Å². The van der Waals surface area contributed by atoms with Crippen LogP contribution in [-0.2, 0) is 19.6 Å². The largest absolute Gasteiger partial charge is 0.289 e. The van der Waals surface area contributed by atoms with Crippen molar-refractivity contribution < 1.29 is 23.2 Å². The zero-order valence-corrected chi connectivity index (χ0v) is 11.6. The summed E-state index contributed by atoms with van der Waals surface area (Å²) in [6.07, 6.45) is 0. The predicted octanol–water partition coefficient (Wildman–Crippen LogP) is -0.923. The van der Waals surface area contributed by atoms with Crippen molar-refractivity contribution in [3.05, 3.63) is 0 Å². The molecule has 0 aliphatic carbocycles. The summed E-state index contributed by atoms with van der Waals surface area (Å²) in [6, 6.07) is 0. The Kier molecular flexibility index (Phi) is 6.22. The first-order valence-electron chi connectivity index (χ1n) is 5.38. The van der Waals surface area contributed by atoms with Crippen molar-refractivity contribution in [1.29, 1.82) is 0 Å². The van der Waals surface area contributed by atoms with Crippen LogP contribution < -0.4 is 10.9 Å². The van der Waals surface area contributed by atoms with Crippen molar-refractivity contribution in [3.8, 4) is 0 Å². The van der Waals surface area contributed by atoms with Gasteiger partial charge >= 0.3 is 0 Å². The standard InChI is InChI=1S/C9H19N3O5S/c1-5-18(16,17)12(4)10-8(13)6(2)7(3)9(14)11-15/h6-7,15H,5H2,1-4H3,(H,10,13)(H,11,14)/t6-,7+/m1/s1. The number of amides is 2. The zero-order valence-electron chi connectivity index (χ0n) is 10.8. The van der Waals surface area contributed by atoms with Gasteiger partial charge < -0.3 is 0 Å². The molecule has 0 saturated heterocycles. The van der Waals surface area contributed by atoms with Crippen LogP contribution in [0, 0.1) is 11.8 Å².